The minimum absolute atomic E-state index is 0.0707. The Hall–Kier alpha value is -2.05. The van der Waals surface area contributed by atoms with Crippen LogP contribution in [0.3, 0.4) is 0 Å². The smallest absolute Gasteiger partial charge is 0.175 e. The minimum atomic E-state index is -3.21. The number of methoxy groups -OCH3 is 1. The summed E-state index contributed by atoms with van der Waals surface area (Å²) in [7, 11) is -1.58. The molecule has 0 aliphatic heterocycles. The standard InChI is InChI=1S/C18H22O5S/c1-13-9-16(22-14(2)12-21-3)11-17(10-13)23-15-5-7-18(8-6-15)24(4,19)20/h5-11,14H,12H2,1-4H3/t14-/m0/s1. The van der Waals surface area contributed by atoms with Crippen LogP contribution in [0.4, 0.5) is 0 Å². The van der Waals surface area contributed by atoms with Gasteiger partial charge in [-0.2, -0.15) is 0 Å². The van der Waals surface area contributed by atoms with E-state index in [0.29, 0.717) is 23.9 Å². The summed E-state index contributed by atoms with van der Waals surface area (Å²) in [6, 6.07) is 11.9. The van der Waals surface area contributed by atoms with Crippen LogP contribution in [0.2, 0.25) is 0 Å². The number of ether oxygens (including phenoxy) is 3. The van der Waals surface area contributed by atoms with Gasteiger partial charge in [-0.15, -0.1) is 0 Å². The van der Waals surface area contributed by atoms with E-state index >= 15 is 0 Å². The number of aryl methyl sites for hydroxylation is 1. The minimum Gasteiger partial charge on any atom is -0.488 e. The van der Waals surface area contributed by atoms with Gasteiger partial charge in [0.05, 0.1) is 11.5 Å². The zero-order chi connectivity index (χ0) is 17.7. The monoisotopic (exact) mass is 350 g/mol. The highest BCUT2D eigenvalue weighted by Gasteiger charge is 2.09. The van der Waals surface area contributed by atoms with Crippen LogP contribution < -0.4 is 9.47 Å². The molecule has 24 heavy (non-hydrogen) atoms. The van der Waals surface area contributed by atoms with Crippen LogP contribution in [0.1, 0.15) is 12.5 Å². The molecule has 0 spiro atoms. The van der Waals surface area contributed by atoms with E-state index in [2.05, 4.69) is 0 Å². The van der Waals surface area contributed by atoms with Gasteiger partial charge in [-0.25, -0.2) is 8.42 Å². The van der Waals surface area contributed by atoms with E-state index < -0.39 is 9.84 Å². The summed E-state index contributed by atoms with van der Waals surface area (Å²) in [6.45, 7) is 4.38. The van der Waals surface area contributed by atoms with Crippen LogP contribution in [0, 0.1) is 6.92 Å². The predicted octanol–water partition coefficient (Wildman–Crippen LogP) is 3.60. The van der Waals surface area contributed by atoms with Gasteiger partial charge >= 0.3 is 0 Å². The molecule has 0 unspecified atom stereocenters. The average Bonchev–Trinajstić information content (AvgIpc) is 2.46. The normalized spacial score (nSPS) is 12.7. The second-order valence-electron chi connectivity index (χ2n) is 5.71. The molecule has 2 aromatic rings. The van der Waals surface area contributed by atoms with Crippen LogP contribution in [0.25, 0.3) is 0 Å². The Morgan fingerprint density at radius 3 is 2.21 bits per heavy atom. The number of hydrogen-bond acceptors (Lipinski definition) is 5. The highest BCUT2D eigenvalue weighted by Crippen LogP contribution is 2.28. The molecule has 0 amide bonds. The average molecular weight is 350 g/mol. The highest BCUT2D eigenvalue weighted by molar-refractivity contribution is 7.90. The van der Waals surface area contributed by atoms with Gasteiger partial charge in [0.2, 0.25) is 0 Å². The number of benzene rings is 2. The van der Waals surface area contributed by atoms with Crippen LogP contribution in [0.5, 0.6) is 17.2 Å². The van der Waals surface area contributed by atoms with Gasteiger partial charge in [0.15, 0.2) is 9.84 Å². The van der Waals surface area contributed by atoms with Crippen molar-refractivity contribution in [1.82, 2.24) is 0 Å². The van der Waals surface area contributed by atoms with E-state index in [-0.39, 0.29) is 11.0 Å². The van der Waals surface area contributed by atoms with Crippen LogP contribution in [0.15, 0.2) is 47.4 Å². The summed E-state index contributed by atoms with van der Waals surface area (Å²) in [5.74, 6) is 1.88. The van der Waals surface area contributed by atoms with Gasteiger partial charge in [0.1, 0.15) is 23.4 Å². The molecule has 0 bridgehead atoms. The van der Waals surface area contributed by atoms with E-state index in [1.165, 1.54) is 18.4 Å². The van der Waals surface area contributed by atoms with Gasteiger partial charge in [-0.05, 0) is 55.8 Å². The lowest BCUT2D eigenvalue weighted by Crippen LogP contribution is -2.17. The lowest BCUT2D eigenvalue weighted by Gasteiger charge is -2.15. The van der Waals surface area contributed by atoms with Crippen LogP contribution in [-0.4, -0.2) is 34.5 Å². The predicted molar refractivity (Wildman–Crippen MR) is 92.8 cm³/mol. The fourth-order valence-electron chi connectivity index (χ4n) is 2.23. The van der Waals surface area contributed by atoms with E-state index in [4.69, 9.17) is 14.2 Å². The van der Waals surface area contributed by atoms with Crippen molar-refractivity contribution in [3.05, 3.63) is 48.0 Å². The molecule has 0 heterocycles. The second kappa shape index (κ2) is 7.68. The van der Waals surface area contributed by atoms with Crippen molar-refractivity contribution in [3.63, 3.8) is 0 Å². The van der Waals surface area contributed by atoms with Crippen molar-refractivity contribution in [2.75, 3.05) is 20.0 Å². The van der Waals surface area contributed by atoms with Gasteiger partial charge in [-0.3, -0.25) is 0 Å². The first-order valence-electron chi connectivity index (χ1n) is 7.53. The SMILES string of the molecule is COC[C@H](C)Oc1cc(C)cc(Oc2ccc(S(C)(=O)=O)cc2)c1. The van der Waals surface area contributed by atoms with Gasteiger partial charge in [-0.1, -0.05) is 0 Å². The fourth-order valence-corrected chi connectivity index (χ4v) is 2.86. The Kier molecular flexibility index (Phi) is 5.85. The van der Waals surface area contributed by atoms with Crippen molar-refractivity contribution in [3.8, 4) is 17.2 Å². The molecule has 2 rings (SSSR count). The molecule has 0 fully saturated rings. The second-order valence-corrected chi connectivity index (χ2v) is 7.73. The number of sulfone groups is 1. The quantitative estimate of drug-likeness (QED) is 0.763. The summed E-state index contributed by atoms with van der Waals surface area (Å²) in [4.78, 5) is 0.261. The molecule has 0 N–H and O–H groups in total. The molecule has 0 saturated carbocycles. The number of hydrogen-bond donors (Lipinski definition) is 0. The van der Waals surface area contributed by atoms with Gasteiger partial charge in [0, 0.05) is 19.4 Å². The van der Waals surface area contributed by atoms with Crippen LogP contribution in [-0.2, 0) is 14.6 Å². The maximum Gasteiger partial charge on any atom is 0.175 e. The van der Waals surface area contributed by atoms with Crippen molar-refractivity contribution in [2.24, 2.45) is 0 Å². The van der Waals surface area contributed by atoms with Gasteiger partial charge < -0.3 is 14.2 Å². The van der Waals surface area contributed by atoms with Gasteiger partial charge in [0.25, 0.3) is 0 Å². The summed E-state index contributed by atoms with van der Waals surface area (Å²) >= 11 is 0. The molecule has 2 aromatic carbocycles. The summed E-state index contributed by atoms with van der Waals surface area (Å²) in [6.07, 6.45) is 1.10. The molecule has 0 aliphatic carbocycles. The van der Waals surface area contributed by atoms with E-state index in [0.717, 1.165) is 5.56 Å². The zero-order valence-electron chi connectivity index (χ0n) is 14.3. The molecular weight excluding hydrogens is 328 g/mol. The maximum atomic E-state index is 11.5. The highest BCUT2D eigenvalue weighted by atomic mass is 32.2. The Labute approximate surface area is 143 Å². The first kappa shape index (κ1) is 18.3. The van der Waals surface area contributed by atoms with Crippen molar-refractivity contribution < 1.29 is 22.6 Å². The Bertz CT molecular complexity index is 782. The maximum absolute atomic E-state index is 11.5. The summed E-state index contributed by atoms with van der Waals surface area (Å²) < 4.78 is 39.6. The van der Waals surface area contributed by atoms with Crippen molar-refractivity contribution >= 4 is 9.84 Å². The molecule has 0 aromatic heterocycles. The topological polar surface area (TPSA) is 61.8 Å². The molecule has 0 aliphatic rings. The molecule has 5 nitrogen and oxygen atoms in total. The van der Waals surface area contributed by atoms with Crippen molar-refractivity contribution in [2.45, 2.75) is 24.8 Å². The molecule has 0 radical (unpaired) electrons. The number of rotatable bonds is 7. The lowest BCUT2D eigenvalue weighted by molar-refractivity contribution is 0.0919. The third-order valence-corrected chi connectivity index (χ3v) is 4.38. The Morgan fingerprint density at radius 1 is 1.00 bits per heavy atom. The largest absolute Gasteiger partial charge is 0.488 e. The van der Waals surface area contributed by atoms with E-state index in [1.54, 1.807) is 25.3 Å². The molecule has 130 valence electrons. The first-order chi connectivity index (χ1) is 11.3. The van der Waals surface area contributed by atoms with Crippen molar-refractivity contribution in [1.29, 1.82) is 0 Å². The van der Waals surface area contributed by atoms with Crippen LogP contribution >= 0.6 is 0 Å². The Morgan fingerprint density at radius 2 is 1.62 bits per heavy atom. The third-order valence-electron chi connectivity index (χ3n) is 3.25. The Balaban J connectivity index is 2.16. The molecule has 6 heteroatoms. The summed E-state index contributed by atoms with van der Waals surface area (Å²) in [5, 5.41) is 0. The van der Waals surface area contributed by atoms with E-state index in [1.807, 2.05) is 26.0 Å². The fraction of sp³-hybridized carbons (Fsp3) is 0.333. The molecule has 0 saturated heterocycles. The van der Waals surface area contributed by atoms with E-state index in [9.17, 15) is 8.42 Å². The molecular formula is C18H22O5S. The lowest BCUT2D eigenvalue weighted by atomic mass is 10.2. The summed E-state index contributed by atoms with van der Waals surface area (Å²) in [5.41, 5.74) is 1.000. The third kappa shape index (κ3) is 5.25. The molecule has 1 atom stereocenters. The zero-order valence-corrected chi connectivity index (χ0v) is 15.1. The first-order valence-corrected chi connectivity index (χ1v) is 9.42.